The van der Waals surface area contributed by atoms with Crippen LogP contribution in [0.25, 0.3) is 0 Å². The predicted octanol–water partition coefficient (Wildman–Crippen LogP) is 0.315. The van der Waals surface area contributed by atoms with Gasteiger partial charge in [0.2, 0.25) is 0 Å². The van der Waals surface area contributed by atoms with Crippen LogP contribution in [0.15, 0.2) is 0 Å². The van der Waals surface area contributed by atoms with Crippen LogP contribution in [0.4, 0.5) is 0 Å². The van der Waals surface area contributed by atoms with Crippen LogP contribution in [0.3, 0.4) is 0 Å². The Bertz CT molecular complexity index is 32.5. The van der Waals surface area contributed by atoms with E-state index in [2.05, 4.69) is 3.95 Å². The Labute approximate surface area is 36.2 Å². The van der Waals surface area contributed by atoms with Gasteiger partial charge in [0.1, 0.15) is 0 Å². The molecule has 0 atom stereocenters. The summed E-state index contributed by atoms with van der Waals surface area (Å²) in [6.07, 6.45) is 1.44. The standard InChI is InChI=1S/C3H5.Sb/c1-3-2;/h1H,2-3H2;. The fourth-order valence-corrected chi connectivity index (χ4v) is 0.866. The molecule has 0 radical (unpaired) electrons. The van der Waals surface area contributed by atoms with Crippen molar-refractivity contribution >= 4 is 25.1 Å². The topological polar surface area (TPSA) is 0 Å². The zero-order valence-corrected chi connectivity index (χ0v) is 4.99. The third kappa shape index (κ3) is 0.349. The second-order valence-corrected chi connectivity index (χ2v) is 4.24. The summed E-state index contributed by atoms with van der Waals surface area (Å²) in [6, 6.07) is 0. The van der Waals surface area contributed by atoms with Gasteiger partial charge in [0.25, 0.3) is 0 Å². The average molecular weight is 163 g/mol. The van der Waals surface area contributed by atoms with Crippen LogP contribution in [0.1, 0.15) is 6.42 Å². The minimum atomic E-state index is 0.408. The first-order valence-corrected chi connectivity index (χ1v) is 4.76. The molecule has 0 amide bonds. The second-order valence-electron chi connectivity index (χ2n) is 0.877. The van der Waals surface area contributed by atoms with Gasteiger partial charge in [-0.1, -0.05) is 0 Å². The normalized spacial score (nSPS) is 20.0. The molecular formula is C3H5Sb. The van der Waals surface area contributed by atoms with Crippen LogP contribution in [0.5, 0.6) is 0 Å². The van der Waals surface area contributed by atoms with E-state index in [0.29, 0.717) is 21.1 Å². The van der Waals surface area contributed by atoms with Crippen molar-refractivity contribution in [1.82, 2.24) is 0 Å². The molecular weight excluding hydrogens is 158 g/mol. The van der Waals surface area contributed by atoms with Crippen molar-refractivity contribution in [2.24, 2.45) is 0 Å². The van der Waals surface area contributed by atoms with Crippen LogP contribution >= 0.6 is 0 Å². The summed E-state index contributed by atoms with van der Waals surface area (Å²) in [7, 11) is 0. The van der Waals surface area contributed by atoms with E-state index in [1.54, 1.807) is 4.37 Å². The number of hydrogen-bond donors (Lipinski definition) is 0. The van der Waals surface area contributed by atoms with Crippen molar-refractivity contribution < 1.29 is 0 Å². The summed E-state index contributed by atoms with van der Waals surface area (Å²) in [4.78, 5) is 0. The van der Waals surface area contributed by atoms with Crippen molar-refractivity contribution in [2.75, 3.05) is 0 Å². The molecule has 0 spiro atoms. The van der Waals surface area contributed by atoms with Gasteiger partial charge in [0.15, 0.2) is 0 Å². The van der Waals surface area contributed by atoms with Gasteiger partial charge in [0.05, 0.1) is 0 Å². The Kier molecular flexibility index (Phi) is 0.880. The molecule has 1 heterocycles. The van der Waals surface area contributed by atoms with Crippen molar-refractivity contribution in [3.8, 4) is 0 Å². The third-order valence-corrected chi connectivity index (χ3v) is 3.46. The molecule has 0 aromatic rings. The van der Waals surface area contributed by atoms with Gasteiger partial charge >= 0.3 is 35.9 Å². The summed E-state index contributed by atoms with van der Waals surface area (Å²) in [5, 5.41) is 0. The molecule has 1 aliphatic rings. The van der Waals surface area contributed by atoms with E-state index in [4.69, 9.17) is 0 Å². The molecule has 4 heavy (non-hydrogen) atoms. The van der Waals surface area contributed by atoms with E-state index in [0.717, 1.165) is 0 Å². The summed E-state index contributed by atoms with van der Waals surface area (Å²) in [5.74, 6) is 0. The molecule has 0 bridgehead atoms. The Morgan fingerprint density at radius 3 is 2.00 bits per heavy atom. The second kappa shape index (κ2) is 1.21. The molecule has 0 aliphatic carbocycles. The first-order valence-electron chi connectivity index (χ1n) is 1.48. The molecule has 0 N–H and O–H groups in total. The third-order valence-electron chi connectivity index (χ3n) is 0.516. The van der Waals surface area contributed by atoms with E-state index in [1.807, 2.05) is 0 Å². The van der Waals surface area contributed by atoms with Crippen molar-refractivity contribution in [3.05, 3.63) is 0 Å². The molecule has 22 valence electrons. The molecule has 0 aromatic heterocycles. The van der Waals surface area contributed by atoms with Gasteiger partial charge in [0, 0.05) is 0 Å². The van der Waals surface area contributed by atoms with Gasteiger partial charge < -0.3 is 0 Å². The molecule has 0 saturated carbocycles. The minimum absolute atomic E-state index is 0.408. The van der Waals surface area contributed by atoms with Crippen LogP contribution in [0, 0.1) is 0 Å². The van der Waals surface area contributed by atoms with Gasteiger partial charge in [-0.15, -0.1) is 0 Å². The maximum atomic E-state index is 2.46. The Morgan fingerprint density at radius 1 is 1.75 bits per heavy atom. The SMILES string of the molecule is [CH]1=[Sb][CH2]C1. The van der Waals surface area contributed by atoms with Gasteiger partial charge in [-0.2, -0.15) is 0 Å². The van der Waals surface area contributed by atoms with E-state index in [-0.39, 0.29) is 0 Å². The van der Waals surface area contributed by atoms with Gasteiger partial charge in [-0.05, 0) is 0 Å². The number of rotatable bonds is 0. The Balaban J connectivity index is 2.47. The van der Waals surface area contributed by atoms with Crippen LogP contribution in [-0.2, 0) is 0 Å². The van der Waals surface area contributed by atoms with E-state index >= 15 is 0 Å². The van der Waals surface area contributed by atoms with Crippen LogP contribution in [0.2, 0.25) is 4.37 Å². The zero-order valence-electron chi connectivity index (χ0n) is 2.44. The summed E-state index contributed by atoms with van der Waals surface area (Å²) in [5.41, 5.74) is 0. The van der Waals surface area contributed by atoms with E-state index in [1.165, 1.54) is 6.42 Å². The molecule has 0 unspecified atom stereocenters. The molecule has 1 heteroatoms. The van der Waals surface area contributed by atoms with Gasteiger partial charge in [-0.25, -0.2) is 0 Å². The summed E-state index contributed by atoms with van der Waals surface area (Å²) >= 11 is 0.408. The average Bonchev–Trinajstić information content (AvgIpc) is 0.722. The fraction of sp³-hybridized carbons (Fsp3) is 0.667. The first kappa shape index (κ1) is 2.90. The fourth-order valence-electron chi connectivity index (χ4n) is 0.129. The summed E-state index contributed by atoms with van der Waals surface area (Å²) < 4.78 is 4.05. The monoisotopic (exact) mass is 162 g/mol. The van der Waals surface area contributed by atoms with Crippen molar-refractivity contribution in [1.29, 1.82) is 0 Å². The summed E-state index contributed by atoms with van der Waals surface area (Å²) in [6.45, 7) is 0. The van der Waals surface area contributed by atoms with Crippen LogP contribution in [-0.4, -0.2) is 25.1 Å². The molecule has 0 fully saturated rings. The van der Waals surface area contributed by atoms with Gasteiger partial charge in [-0.3, -0.25) is 0 Å². The molecule has 0 nitrogen and oxygen atoms in total. The maximum absolute atomic E-state index is 2.46. The predicted molar refractivity (Wildman–Crippen MR) is 21.2 cm³/mol. The Morgan fingerprint density at radius 2 is 2.00 bits per heavy atom. The van der Waals surface area contributed by atoms with Crippen molar-refractivity contribution in [3.63, 3.8) is 0 Å². The molecule has 0 aromatic carbocycles. The van der Waals surface area contributed by atoms with Crippen molar-refractivity contribution in [2.45, 2.75) is 10.8 Å². The molecule has 0 saturated heterocycles. The van der Waals surface area contributed by atoms with E-state index in [9.17, 15) is 0 Å². The molecule has 1 rings (SSSR count). The first-order chi connectivity index (χ1) is 2.00. The zero-order chi connectivity index (χ0) is 2.83. The quantitative estimate of drug-likeness (QED) is 0.451. The van der Waals surface area contributed by atoms with Crippen LogP contribution < -0.4 is 0 Å². The van der Waals surface area contributed by atoms with E-state index < -0.39 is 0 Å². The Hall–Kier alpha value is 0.688. The molecule has 1 aliphatic heterocycles. The number of hydrogen-bond acceptors (Lipinski definition) is 0.